The van der Waals surface area contributed by atoms with Crippen LogP contribution in [0.5, 0.6) is 0 Å². The van der Waals surface area contributed by atoms with Crippen LogP contribution in [0.4, 0.5) is 0 Å². The minimum absolute atomic E-state index is 0.292. The van der Waals surface area contributed by atoms with Gasteiger partial charge in [-0.2, -0.15) is 0 Å². The van der Waals surface area contributed by atoms with E-state index in [1.165, 1.54) is 0 Å². The van der Waals surface area contributed by atoms with Gasteiger partial charge in [-0.3, -0.25) is 4.79 Å². The highest BCUT2D eigenvalue weighted by atomic mass is 35.5. The molecule has 0 fully saturated rings. The minimum atomic E-state index is -3.14. The van der Waals surface area contributed by atoms with Gasteiger partial charge in [-0.15, -0.1) is 0 Å². The molecule has 4 heteroatoms. The van der Waals surface area contributed by atoms with E-state index in [1.54, 1.807) is 43.3 Å². The molecule has 0 amide bonds. The fourth-order valence-electron chi connectivity index (χ4n) is 2.20. The third-order valence-corrected chi connectivity index (χ3v) is 6.60. The zero-order valence-corrected chi connectivity index (χ0v) is 13.1. The van der Waals surface area contributed by atoms with Crippen molar-refractivity contribution < 1.29 is 9.36 Å². The Morgan fingerprint density at radius 3 is 2.30 bits per heavy atom. The summed E-state index contributed by atoms with van der Waals surface area (Å²) in [6.07, 6.45) is 0.292. The van der Waals surface area contributed by atoms with Crippen LogP contribution in [-0.2, 0) is 4.57 Å². The number of carbonyl (C=O) groups is 1. The molecule has 20 heavy (non-hydrogen) atoms. The number of hydrogen-bond donors (Lipinski definition) is 0. The van der Waals surface area contributed by atoms with Crippen molar-refractivity contribution in [3.63, 3.8) is 0 Å². The molecule has 0 N–H and O–H groups in total. The molecule has 1 unspecified atom stereocenters. The van der Waals surface area contributed by atoms with Crippen LogP contribution in [0.25, 0.3) is 0 Å². The maximum absolute atomic E-state index is 13.2. The lowest BCUT2D eigenvalue weighted by atomic mass is 10.1. The van der Waals surface area contributed by atoms with Gasteiger partial charge in [0, 0.05) is 17.0 Å². The Kier molecular flexibility index (Phi) is 4.47. The van der Waals surface area contributed by atoms with E-state index in [-0.39, 0.29) is 5.52 Å². The van der Waals surface area contributed by atoms with Gasteiger partial charge in [0.25, 0.3) is 0 Å². The largest absolute Gasteiger partial charge is 0.310 e. The maximum Gasteiger partial charge on any atom is 0.227 e. The molecule has 104 valence electrons. The van der Waals surface area contributed by atoms with Gasteiger partial charge in [0.15, 0.2) is 7.14 Å². The summed E-state index contributed by atoms with van der Waals surface area (Å²) < 4.78 is 13.2. The third-order valence-electron chi connectivity index (χ3n) is 3.38. The van der Waals surface area contributed by atoms with E-state index < -0.39 is 7.14 Å². The fourth-order valence-corrected chi connectivity index (χ4v) is 4.77. The Bertz CT molecular complexity index is 660. The molecule has 1 atom stereocenters. The van der Waals surface area contributed by atoms with Crippen molar-refractivity contribution in [3.05, 3.63) is 64.7 Å². The Morgan fingerprint density at radius 1 is 1.10 bits per heavy atom. The molecule has 2 aromatic carbocycles. The van der Waals surface area contributed by atoms with E-state index in [2.05, 4.69) is 0 Å². The summed E-state index contributed by atoms with van der Waals surface area (Å²) in [5.41, 5.74) is 0.782. The molecule has 0 aliphatic heterocycles. The van der Waals surface area contributed by atoms with Crippen molar-refractivity contribution >= 4 is 29.6 Å². The number of halogens is 1. The van der Waals surface area contributed by atoms with Gasteiger partial charge in [-0.05, 0) is 18.6 Å². The standard InChI is InChI=1S/C16H16ClO2P/c1-3-20(19,13-9-5-4-6-10-13)16(18)15-12(2)8-7-11-14(15)17/h4-11H,3H2,1-2H3. The zero-order valence-electron chi connectivity index (χ0n) is 11.5. The summed E-state index contributed by atoms with van der Waals surface area (Å²) in [6.45, 7) is 3.59. The van der Waals surface area contributed by atoms with Gasteiger partial charge in [-0.25, -0.2) is 0 Å². The maximum atomic E-state index is 13.2. The summed E-state index contributed by atoms with van der Waals surface area (Å²) in [4.78, 5) is 12.8. The first-order valence-electron chi connectivity index (χ1n) is 6.45. The van der Waals surface area contributed by atoms with Crippen LogP contribution in [0.2, 0.25) is 5.02 Å². The Balaban J connectivity index is 2.59. The molecule has 0 saturated heterocycles. The van der Waals surface area contributed by atoms with E-state index in [4.69, 9.17) is 11.6 Å². The van der Waals surface area contributed by atoms with E-state index in [0.29, 0.717) is 22.1 Å². The first-order valence-corrected chi connectivity index (χ1v) is 8.72. The van der Waals surface area contributed by atoms with Gasteiger partial charge in [-0.1, -0.05) is 61.0 Å². The first kappa shape index (κ1) is 15.0. The van der Waals surface area contributed by atoms with Crippen molar-refractivity contribution in [2.75, 3.05) is 6.16 Å². The number of benzene rings is 2. The molecule has 0 bridgehead atoms. The van der Waals surface area contributed by atoms with Crippen LogP contribution in [0, 0.1) is 6.92 Å². The smallest absolute Gasteiger partial charge is 0.227 e. The molecular weight excluding hydrogens is 291 g/mol. The van der Waals surface area contributed by atoms with Crippen LogP contribution in [0.1, 0.15) is 22.8 Å². The van der Waals surface area contributed by atoms with Crippen LogP contribution in [0.3, 0.4) is 0 Å². The Labute approximate surface area is 124 Å². The summed E-state index contributed by atoms with van der Waals surface area (Å²) in [5, 5.41) is 0.950. The fraction of sp³-hybridized carbons (Fsp3) is 0.188. The number of hydrogen-bond acceptors (Lipinski definition) is 2. The molecule has 0 aliphatic carbocycles. The highest BCUT2D eigenvalue weighted by molar-refractivity contribution is 7.87. The summed E-state index contributed by atoms with van der Waals surface area (Å²) >= 11 is 6.13. The van der Waals surface area contributed by atoms with E-state index in [9.17, 15) is 9.36 Å². The van der Waals surface area contributed by atoms with Gasteiger partial charge >= 0.3 is 0 Å². The Morgan fingerprint density at radius 2 is 1.75 bits per heavy atom. The molecule has 2 rings (SSSR count). The monoisotopic (exact) mass is 306 g/mol. The third kappa shape index (κ3) is 2.59. The van der Waals surface area contributed by atoms with Gasteiger partial charge in [0.1, 0.15) is 0 Å². The van der Waals surface area contributed by atoms with E-state index in [0.717, 1.165) is 5.56 Å². The quantitative estimate of drug-likeness (QED) is 0.780. The van der Waals surface area contributed by atoms with Crippen LogP contribution in [-0.4, -0.2) is 11.7 Å². The second kappa shape index (κ2) is 5.95. The molecule has 2 nitrogen and oxygen atoms in total. The van der Waals surface area contributed by atoms with Crippen LogP contribution in [0.15, 0.2) is 48.5 Å². The Hall–Kier alpha value is -1.37. The molecule has 0 heterocycles. The first-order chi connectivity index (χ1) is 9.50. The number of aryl methyl sites for hydroxylation is 1. The van der Waals surface area contributed by atoms with Gasteiger partial charge < -0.3 is 4.57 Å². The summed E-state index contributed by atoms with van der Waals surface area (Å²) in [7, 11) is -3.14. The van der Waals surface area contributed by atoms with Crippen molar-refractivity contribution in [1.82, 2.24) is 0 Å². The lowest BCUT2D eigenvalue weighted by molar-refractivity contribution is 0.107. The molecule has 0 radical (unpaired) electrons. The average Bonchev–Trinajstić information content (AvgIpc) is 2.47. The zero-order chi connectivity index (χ0) is 14.8. The van der Waals surface area contributed by atoms with Crippen molar-refractivity contribution in [1.29, 1.82) is 0 Å². The summed E-state index contributed by atoms with van der Waals surface area (Å²) in [5.74, 6) is 0. The number of carbonyl (C=O) groups excluding carboxylic acids is 1. The van der Waals surface area contributed by atoms with E-state index >= 15 is 0 Å². The normalized spacial score (nSPS) is 13.8. The van der Waals surface area contributed by atoms with Crippen LogP contribution < -0.4 is 5.30 Å². The predicted octanol–water partition coefficient (Wildman–Crippen LogP) is 4.50. The van der Waals surface area contributed by atoms with Crippen LogP contribution >= 0.6 is 18.7 Å². The van der Waals surface area contributed by atoms with Gasteiger partial charge in [0.05, 0.1) is 5.02 Å². The van der Waals surface area contributed by atoms with Gasteiger partial charge in [0.2, 0.25) is 5.52 Å². The highest BCUT2D eigenvalue weighted by Gasteiger charge is 2.34. The van der Waals surface area contributed by atoms with Crippen molar-refractivity contribution in [3.8, 4) is 0 Å². The molecule has 0 spiro atoms. The molecular formula is C16H16ClO2P. The minimum Gasteiger partial charge on any atom is -0.310 e. The second-order valence-electron chi connectivity index (χ2n) is 4.63. The predicted molar refractivity (Wildman–Crippen MR) is 84.7 cm³/mol. The van der Waals surface area contributed by atoms with Crippen molar-refractivity contribution in [2.45, 2.75) is 13.8 Å². The SMILES string of the molecule is CCP(=O)(C(=O)c1c(C)cccc1Cl)c1ccccc1. The second-order valence-corrected chi connectivity index (χ2v) is 8.07. The average molecular weight is 307 g/mol. The highest BCUT2D eigenvalue weighted by Crippen LogP contribution is 2.48. The lowest BCUT2D eigenvalue weighted by Crippen LogP contribution is -2.16. The van der Waals surface area contributed by atoms with E-state index in [1.807, 2.05) is 19.1 Å². The molecule has 0 aliphatic rings. The van der Waals surface area contributed by atoms with Crippen molar-refractivity contribution in [2.24, 2.45) is 0 Å². The molecule has 0 aromatic heterocycles. The topological polar surface area (TPSA) is 34.1 Å². The summed E-state index contributed by atoms with van der Waals surface area (Å²) in [6, 6.07) is 14.2. The number of rotatable bonds is 4. The molecule has 2 aromatic rings. The lowest BCUT2D eigenvalue weighted by Gasteiger charge is -2.17. The molecule has 0 saturated carbocycles.